The molecular weight excluding hydrogens is 338 g/mol. The first-order chi connectivity index (χ1) is 11.9. The molecule has 6 nitrogen and oxygen atoms in total. The Kier molecular flexibility index (Phi) is 7.25. The van der Waals surface area contributed by atoms with Gasteiger partial charge in [-0.1, -0.05) is 18.9 Å². The molecule has 0 radical (unpaired) electrons. The van der Waals surface area contributed by atoms with E-state index in [9.17, 15) is 13.2 Å². The smallest absolute Gasteiger partial charge is 0.251 e. The molecule has 1 aromatic carbocycles. The fourth-order valence-electron chi connectivity index (χ4n) is 3.00. The fourth-order valence-corrected chi connectivity index (χ4v) is 3.50. The van der Waals surface area contributed by atoms with Crippen molar-refractivity contribution in [1.29, 1.82) is 0 Å². The zero-order valence-corrected chi connectivity index (χ0v) is 16.0. The van der Waals surface area contributed by atoms with Crippen molar-refractivity contribution in [1.82, 2.24) is 10.2 Å². The third-order valence-electron chi connectivity index (χ3n) is 4.60. The van der Waals surface area contributed by atoms with Crippen molar-refractivity contribution in [3.63, 3.8) is 0 Å². The van der Waals surface area contributed by atoms with Crippen molar-refractivity contribution < 1.29 is 13.2 Å². The summed E-state index contributed by atoms with van der Waals surface area (Å²) in [5, 5.41) is 2.93. The molecule has 0 unspecified atom stereocenters. The van der Waals surface area contributed by atoms with E-state index < -0.39 is 10.0 Å². The number of nitrogens with one attached hydrogen (secondary N) is 1. The van der Waals surface area contributed by atoms with Gasteiger partial charge in [-0.25, -0.2) is 8.42 Å². The van der Waals surface area contributed by atoms with E-state index in [2.05, 4.69) is 10.2 Å². The van der Waals surface area contributed by atoms with E-state index in [1.54, 1.807) is 24.3 Å². The van der Waals surface area contributed by atoms with Gasteiger partial charge in [0, 0.05) is 19.2 Å². The Morgan fingerprint density at radius 3 is 2.52 bits per heavy atom. The number of nitrogens with zero attached hydrogens (tertiary/aromatic N) is 2. The minimum atomic E-state index is -3.34. The van der Waals surface area contributed by atoms with Crippen LogP contribution in [0.25, 0.3) is 0 Å². The summed E-state index contributed by atoms with van der Waals surface area (Å²) in [5.41, 5.74) is 0.961. The van der Waals surface area contributed by atoms with Crippen molar-refractivity contribution >= 4 is 21.6 Å². The van der Waals surface area contributed by atoms with Gasteiger partial charge in [0.05, 0.1) is 11.9 Å². The molecule has 0 bridgehead atoms. The van der Waals surface area contributed by atoms with Crippen LogP contribution in [-0.2, 0) is 10.0 Å². The highest BCUT2D eigenvalue weighted by Gasteiger charge is 2.14. The number of anilines is 1. The maximum absolute atomic E-state index is 12.3. The molecule has 1 heterocycles. The number of likely N-dealkylation sites (tertiary alicyclic amines) is 1. The number of hydrogen-bond donors (Lipinski definition) is 1. The van der Waals surface area contributed by atoms with Crippen LogP contribution in [0.4, 0.5) is 5.69 Å². The van der Waals surface area contributed by atoms with Gasteiger partial charge in [-0.2, -0.15) is 0 Å². The molecule has 1 amide bonds. The van der Waals surface area contributed by atoms with Crippen molar-refractivity contribution in [2.45, 2.75) is 32.1 Å². The van der Waals surface area contributed by atoms with Crippen LogP contribution < -0.4 is 9.62 Å². The highest BCUT2D eigenvalue weighted by molar-refractivity contribution is 7.92. The van der Waals surface area contributed by atoms with E-state index in [1.165, 1.54) is 37.0 Å². The average molecular weight is 368 g/mol. The third kappa shape index (κ3) is 6.32. The number of carbonyl (C=O) groups excluding carboxylic acids is 1. The Bertz CT molecular complexity index is 668. The molecule has 1 N–H and O–H groups in total. The Balaban J connectivity index is 1.82. The lowest BCUT2D eigenvalue weighted by Gasteiger charge is -2.19. The summed E-state index contributed by atoms with van der Waals surface area (Å²) in [6.07, 6.45) is 7.26. The lowest BCUT2D eigenvalue weighted by molar-refractivity contribution is 0.0951. The SMILES string of the molecule is CN(c1cccc(C(=O)NCCCN2CCCCCC2)c1)S(C)(=O)=O. The molecule has 0 saturated carbocycles. The van der Waals surface area contributed by atoms with E-state index in [1.807, 2.05) is 0 Å². The second kappa shape index (κ2) is 9.20. The van der Waals surface area contributed by atoms with Crippen LogP contribution in [0.1, 0.15) is 42.5 Å². The van der Waals surface area contributed by atoms with Gasteiger partial charge in [-0.3, -0.25) is 9.10 Å². The minimum Gasteiger partial charge on any atom is -0.352 e. The molecule has 1 aliphatic heterocycles. The van der Waals surface area contributed by atoms with Crippen LogP contribution in [-0.4, -0.2) is 58.7 Å². The maximum atomic E-state index is 12.3. The summed E-state index contributed by atoms with van der Waals surface area (Å²) in [5.74, 6) is -0.167. The zero-order valence-electron chi connectivity index (χ0n) is 15.2. The van der Waals surface area contributed by atoms with Gasteiger partial charge in [-0.05, 0) is 57.1 Å². The zero-order chi connectivity index (χ0) is 18.3. The quantitative estimate of drug-likeness (QED) is 0.749. The van der Waals surface area contributed by atoms with Crippen molar-refractivity contribution in [2.75, 3.05) is 43.8 Å². The van der Waals surface area contributed by atoms with Gasteiger partial charge in [-0.15, -0.1) is 0 Å². The highest BCUT2D eigenvalue weighted by atomic mass is 32.2. The van der Waals surface area contributed by atoms with E-state index in [4.69, 9.17) is 0 Å². The fraction of sp³-hybridized carbons (Fsp3) is 0.611. The number of sulfonamides is 1. The summed E-state index contributed by atoms with van der Waals surface area (Å²) in [6.45, 7) is 3.96. The Labute approximate surface area is 151 Å². The Morgan fingerprint density at radius 2 is 1.88 bits per heavy atom. The van der Waals surface area contributed by atoms with Crippen molar-refractivity contribution in [2.24, 2.45) is 0 Å². The molecule has 1 aliphatic rings. The molecule has 0 aliphatic carbocycles. The average Bonchev–Trinajstić information content (AvgIpc) is 2.86. The Morgan fingerprint density at radius 1 is 1.20 bits per heavy atom. The largest absolute Gasteiger partial charge is 0.352 e. The highest BCUT2D eigenvalue weighted by Crippen LogP contribution is 2.17. The second-order valence-electron chi connectivity index (χ2n) is 6.65. The van der Waals surface area contributed by atoms with Crippen LogP contribution in [0.5, 0.6) is 0 Å². The second-order valence-corrected chi connectivity index (χ2v) is 8.66. The van der Waals surface area contributed by atoms with Crippen LogP contribution in [0.2, 0.25) is 0 Å². The van der Waals surface area contributed by atoms with Crippen molar-refractivity contribution in [3.05, 3.63) is 29.8 Å². The third-order valence-corrected chi connectivity index (χ3v) is 5.81. The van der Waals surface area contributed by atoms with Crippen LogP contribution in [0.3, 0.4) is 0 Å². The molecule has 1 saturated heterocycles. The molecule has 1 aromatic rings. The first-order valence-corrected chi connectivity index (χ1v) is 10.8. The summed E-state index contributed by atoms with van der Waals surface area (Å²) < 4.78 is 24.4. The summed E-state index contributed by atoms with van der Waals surface area (Å²) in [6, 6.07) is 6.68. The predicted molar refractivity (Wildman–Crippen MR) is 102 cm³/mol. The number of hydrogen-bond acceptors (Lipinski definition) is 4. The van der Waals surface area contributed by atoms with Gasteiger partial charge in [0.15, 0.2) is 0 Å². The molecule has 2 rings (SSSR count). The van der Waals surface area contributed by atoms with Crippen LogP contribution in [0.15, 0.2) is 24.3 Å². The molecule has 25 heavy (non-hydrogen) atoms. The summed E-state index contributed by atoms with van der Waals surface area (Å²) in [7, 11) is -1.86. The van der Waals surface area contributed by atoms with Crippen molar-refractivity contribution in [3.8, 4) is 0 Å². The van der Waals surface area contributed by atoms with Gasteiger partial charge >= 0.3 is 0 Å². The number of rotatable bonds is 7. The van der Waals surface area contributed by atoms with E-state index in [-0.39, 0.29) is 5.91 Å². The van der Waals surface area contributed by atoms with E-state index in [0.29, 0.717) is 17.8 Å². The van der Waals surface area contributed by atoms with Gasteiger partial charge in [0.2, 0.25) is 10.0 Å². The molecule has 7 heteroatoms. The van der Waals surface area contributed by atoms with Crippen LogP contribution >= 0.6 is 0 Å². The topological polar surface area (TPSA) is 69.7 Å². The number of carbonyl (C=O) groups is 1. The monoisotopic (exact) mass is 367 g/mol. The van der Waals surface area contributed by atoms with E-state index in [0.717, 1.165) is 32.3 Å². The molecule has 0 spiro atoms. The number of benzene rings is 1. The molecular formula is C18H29N3O3S. The predicted octanol–water partition coefficient (Wildman–Crippen LogP) is 2.08. The standard InChI is InChI=1S/C18H29N3O3S/c1-20(25(2,23)24)17-10-7-9-16(15-17)18(22)19-11-8-14-21-12-5-3-4-6-13-21/h7,9-10,15H,3-6,8,11-14H2,1-2H3,(H,19,22). The minimum absolute atomic E-state index is 0.167. The molecule has 140 valence electrons. The Hall–Kier alpha value is -1.60. The van der Waals surface area contributed by atoms with Gasteiger partial charge in [0.25, 0.3) is 5.91 Å². The summed E-state index contributed by atoms with van der Waals surface area (Å²) in [4.78, 5) is 14.8. The normalized spacial score (nSPS) is 16.2. The molecule has 0 atom stereocenters. The first-order valence-electron chi connectivity index (χ1n) is 8.92. The lowest BCUT2D eigenvalue weighted by Crippen LogP contribution is -2.31. The first kappa shape index (κ1) is 19.7. The maximum Gasteiger partial charge on any atom is 0.251 e. The summed E-state index contributed by atoms with van der Waals surface area (Å²) >= 11 is 0. The number of amides is 1. The van der Waals surface area contributed by atoms with Gasteiger partial charge in [0.1, 0.15) is 0 Å². The molecule has 0 aromatic heterocycles. The van der Waals surface area contributed by atoms with Crippen LogP contribution in [0, 0.1) is 0 Å². The van der Waals surface area contributed by atoms with Gasteiger partial charge < -0.3 is 10.2 Å². The lowest BCUT2D eigenvalue weighted by atomic mass is 10.2. The van der Waals surface area contributed by atoms with E-state index >= 15 is 0 Å². The molecule has 1 fully saturated rings.